The molecule has 6 nitrogen and oxygen atoms in total. The van der Waals surface area contributed by atoms with E-state index in [1.54, 1.807) is 30.3 Å². The minimum atomic E-state index is -0.763. The summed E-state index contributed by atoms with van der Waals surface area (Å²) in [6.07, 6.45) is 1.27. The Morgan fingerprint density at radius 1 is 1.12 bits per heavy atom. The van der Waals surface area contributed by atoms with Gasteiger partial charge in [-0.3, -0.25) is 4.79 Å². The number of hydrazone groups is 1. The number of nitrogens with one attached hydrogen (secondary N) is 1. The van der Waals surface area contributed by atoms with Crippen molar-refractivity contribution in [3.63, 3.8) is 0 Å². The fraction of sp³-hybridized carbons (Fsp3) is 0. The summed E-state index contributed by atoms with van der Waals surface area (Å²) in [7, 11) is 0. The minimum Gasteiger partial charge on any atom is -0.506 e. The van der Waals surface area contributed by atoms with Crippen molar-refractivity contribution in [1.82, 2.24) is 5.43 Å². The van der Waals surface area contributed by atoms with Gasteiger partial charge in [0.15, 0.2) is 0 Å². The third kappa shape index (κ3) is 4.05. The van der Waals surface area contributed by atoms with Gasteiger partial charge in [0.1, 0.15) is 16.9 Å². The van der Waals surface area contributed by atoms with Gasteiger partial charge in [0.25, 0.3) is 5.91 Å². The van der Waals surface area contributed by atoms with E-state index in [-0.39, 0.29) is 11.3 Å². The number of hydrogen-bond acceptors (Lipinski definition) is 5. The maximum Gasteiger partial charge on any atom is 0.349 e. The first-order valence-electron chi connectivity index (χ1n) is 7.10. The zero-order valence-electron chi connectivity index (χ0n) is 12.8. The van der Waals surface area contributed by atoms with E-state index >= 15 is 0 Å². The van der Waals surface area contributed by atoms with E-state index in [0.29, 0.717) is 21.0 Å². The van der Waals surface area contributed by atoms with E-state index in [2.05, 4.69) is 58.3 Å². The van der Waals surface area contributed by atoms with Gasteiger partial charge in [0.2, 0.25) is 0 Å². The number of carbonyl (C=O) groups excluding carboxylic acids is 1. The van der Waals surface area contributed by atoms with Crippen LogP contribution in [0, 0.1) is 0 Å². The summed E-state index contributed by atoms with van der Waals surface area (Å²) in [5.41, 5.74) is 2.07. The molecular formula is C17H9Br3N2O4. The van der Waals surface area contributed by atoms with Crippen LogP contribution in [-0.2, 0) is 0 Å². The Bertz CT molecular complexity index is 1110. The zero-order chi connectivity index (χ0) is 18.8. The number of halogens is 3. The molecule has 0 atom stereocenters. The summed E-state index contributed by atoms with van der Waals surface area (Å²) in [5.74, 6) is -0.744. The molecule has 1 aromatic heterocycles. The highest BCUT2D eigenvalue weighted by Gasteiger charge is 2.13. The van der Waals surface area contributed by atoms with Gasteiger partial charge >= 0.3 is 5.63 Å². The molecular weight excluding hydrogens is 536 g/mol. The number of rotatable bonds is 3. The standard InChI is InChI=1S/C17H9Br3N2O4/c18-10-1-2-14-8(3-10)5-12(17(25)26-14)16(24)22-21-7-9-4-11(19)6-13(20)15(9)23/h1-7,23H,(H,22,24). The first-order chi connectivity index (χ1) is 12.3. The molecule has 0 aliphatic carbocycles. The molecule has 0 fully saturated rings. The second kappa shape index (κ2) is 7.73. The monoisotopic (exact) mass is 542 g/mol. The highest BCUT2D eigenvalue weighted by atomic mass is 79.9. The number of fused-ring (bicyclic) bond motifs is 1. The molecule has 0 aliphatic heterocycles. The normalized spacial score (nSPS) is 11.2. The van der Waals surface area contributed by atoms with E-state index in [1.165, 1.54) is 12.3 Å². The van der Waals surface area contributed by atoms with Crippen LogP contribution in [0.3, 0.4) is 0 Å². The summed E-state index contributed by atoms with van der Waals surface area (Å²) in [6.45, 7) is 0. The number of aromatic hydroxyl groups is 1. The van der Waals surface area contributed by atoms with Crippen LogP contribution < -0.4 is 11.1 Å². The number of amides is 1. The van der Waals surface area contributed by atoms with Gasteiger partial charge in [-0.25, -0.2) is 10.2 Å². The Labute approximate surface area is 172 Å². The van der Waals surface area contributed by atoms with Gasteiger partial charge in [-0.2, -0.15) is 5.10 Å². The number of phenolic OH excluding ortho intramolecular Hbond substituents is 1. The van der Waals surface area contributed by atoms with E-state index in [4.69, 9.17) is 4.42 Å². The molecule has 1 heterocycles. The Kier molecular flexibility index (Phi) is 5.59. The topological polar surface area (TPSA) is 91.9 Å². The minimum absolute atomic E-state index is 0.0266. The number of benzene rings is 2. The van der Waals surface area contributed by atoms with Crippen molar-refractivity contribution >= 4 is 70.9 Å². The molecule has 0 unspecified atom stereocenters. The number of nitrogens with zero attached hydrogens (tertiary/aromatic N) is 1. The zero-order valence-corrected chi connectivity index (χ0v) is 17.6. The quantitative estimate of drug-likeness (QED) is 0.287. The molecule has 0 bridgehead atoms. The molecule has 3 rings (SSSR count). The lowest BCUT2D eigenvalue weighted by Gasteiger charge is -2.04. The SMILES string of the molecule is O=C(NN=Cc1cc(Br)cc(Br)c1O)c1cc2cc(Br)ccc2oc1=O. The second-order valence-corrected chi connectivity index (χ2v) is 7.84. The summed E-state index contributed by atoms with van der Waals surface area (Å²) < 4.78 is 7.12. The first-order valence-corrected chi connectivity index (χ1v) is 9.48. The molecule has 3 aromatic rings. The van der Waals surface area contributed by atoms with Gasteiger partial charge in [0.05, 0.1) is 10.7 Å². The van der Waals surface area contributed by atoms with Crippen molar-refractivity contribution in [3.05, 3.63) is 71.4 Å². The number of phenols is 1. The molecule has 0 saturated heterocycles. The fourth-order valence-electron chi connectivity index (χ4n) is 2.16. The van der Waals surface area contributed by atoms with E-state index < -0.39 is 11.5 Å². The molecule has 1 amide bonds. The Morgan fingerprint density at radius 3 is 2.65 bits per heavy atom. The van der Waals surface area contributed by atoms with Crippen molar-refractivity contribution in [3.8, 4) is 5.75 Å². The van der Waals surface area contributed by atoms with Crippen LogP contribution in [0.1, 0.15) is 15.9 Å². The maximum absolute atomic E-state index is 12.2. The molecule has 0 aliphatic rings. The Hall–Kier alpha value is -1.97. The van der Waals surface area contributed by atoms with Crippen molar-refractivity contribution in [2.75, 3.05) is 0 Å². The smallest absolute Gasteiger partial charge is 0.349 e. The van der Waals surface area contributed by atoms with Crippen molar-refractivity contribution in [2.45, 2.75) is 0 Å². The Balaban J connectivity index is 1.86. The van der Waals surface area contributed by atoms with Crippen LogP contribution in [0.25, 0.3) is 11.0 Å². The van der Waals surface area contributed by atoms with Crippen LogP contribution >= 0.6 is 47.8 Å². The summed E-state index contributed by atoms with van der Waals surface area (Å²) in [4.78, 5) is 24.2. The largest absolute Gasteiger partial charge is 0.506 e. The summed E-state index contributed by atoms with van der Waals surface area (Å²) in [5, 5.41) is 14.3. The van der Waals surface area contributed by atoms with Crippen LogP contribution in [0.15, 0.2) is 64.1 Å². The number of carbonyl (C=O) groups is 1. The summed E-state index contributed by atoms with van der Waals surface area (Å²) in [6, 6.07) is 9.83. The average molecular weight is 545 g/mol. The number of hydrogen-bond donors (Lipinski definition) is 2. The predicted octanol–water partition coefficient (Wildman–Crippen LogP) is 4.55. The average Bonchev–Trinajstić information content (AvgIpc) is 2.58. The third-order valence-electron chi connectivity index (χ3n) is 3.37. The van der Waals surface area contributed by atoms with Crippen LogP contribution in [0.4, 0.5) is 0 Å². The highest BCUT2D eigenvalue weighted by molar-refractivity contribution is 9.11. The molecule has 2 N–H and O–H groups in total. The van der Waals surface area contributed by atoms with Crippen molar-refractivity contribution in [2.24, 2.45) is 5.10 Å². The Morgan fingerprint density at radius 2 is 1.88 bits per heavy atom. The van der Waals surface area contributed by atoms with E-state index in [0.717, 1.165) is 8.95 Å². The molecule has 2 aromatic carbocycles. The lowest BCUT2D eigenvalue weighted by atomic mass is 10.2. The summed E-state index contributed by atoms with van der Waals surface area (Å²) >= 11 is 9.83. The highest BCUT2D eigenvalue weighted by Crippen LogP contribution is 2.30. The molecule has 0 radical (unpaired) electrons. The molecule has 132 valence electrons. The lowest BCUT2D eigenvalue weighted by Crippen LogP contribution is -2.24. The van der Waals surface area contributed by atoms with Crippen LogP contribution in [0.2, 0.25) is 0 Å². The molecule has 0 saturated carbocycles. The van der Waals surface area contributed by atoms with Crippen molar-refractivity contribution < 1.29 is 14.3 Å². The van der Waals surface area contributed by atoms with E-state index in [9.17, 15) is 14.7 Å². The van der Waals surface area contributed by atoms with E-state index in [1.807, 2.05) is 0 Å². The van der Waals surface area contributed by atoms with Crippen molar-refractivity contribution in [1.29, 1.82) is 0 Å². The first kappa shape index (κ1) is 18.8. The fourth-order valence-corrected chi connectivity index (χ4v) is 3.79. The van der Waals surface area contributed by atoms with Crippen LogP contribution in [-0.4, -0.2) is 17.2 Å². The van der Waals surface area contributed by atoms with Crippen LogP contribution in [0.5, 0.6) is 5.75 Å². The predicted molar refractivity (Wildman–Crippen MR) is 109 cm³/mol. The molecule has 9 heteroatoms. The van der Waals surface area contributed by atoms with Gasteiger partial charge in [-0.05, 0) is 52.3 Å². The van der Waals surface area contributed by atoms with Gasteiger partial charge in [-0.1, -0.05) is 31.9 Å². The van der Waals surface area contributed by atoms with Gasteiger partial charge in [-0.15, -0.1) is 0 Å². The second-order valence-electron chi connectivity index (χ2n) is 5.15. The van der Waals surface area contributed by atoms with Gasteiger partial charge < -0.3 is 9.52 Å². The lowest BCUT2D eigenvalue weighted by molar-refractivity contribution is 0.0951. The van der Waals surface area contributed by atoms with Gasteiger partial charge in [0, 0.05) is 19.9 Å². The molecule has 26 heavy (non-hydrogen) atoms. The third-order valence-corrected chi connectivity index (χ3v) is 4.92. The maximum atomic E-state index is 12.2. The molecule has 0 spiro atoms.